The second-order valence-electron chi connectivity index (χ2n) is 6.78. The van der Waals surface area contributed by atoms with Gasteiger partial charge in [-0.15, -0.1) is 0 Å². The first kappa shape index (κ1) is 19.3. The third-order valence-corrected chi connectivity index (χ3v) is 5.12. The van der Waals surface area contributed by atoms with Crippen molar-refractivity contribution in [2.45, 2.75) is 19.1 Å². The SMILES string of the molecule is COc1ccc(CC2COC(OC)C2Cc2ccc(O)c(OC)c2)cc1O. The highest BCUT2D eigenvalue weighted by molar-refractivity contribution is 5.43. The highest BCUT2D eigenvalue weighted by atomic mass is 16.7. The van der Waals surface area contributed by atoms with Crippen LogP contribution >= 0.6 is 0 Å². The molecule has 1 heterocycles. The second-order valence-corrected chi connectivity index (χ2v) is 6.78. The van der Waals surface area contributed by atoms with Crippen molar-refractivity contribution in [1.29, 1.82) is 0 Å². The van der Waals surface area contributed by atoms with Crippen molar-refractivity contribution in [3.63, 3.8) is 0 Å². The summed E-state index contributed by atoms with van der Waals surface area (Å²) in [5.41, 5.74) is 2.07. The topological polar surface area (TPSA) is 77.4 Å². The van der Waals surface area contributed by atoms with E-state index in [-0.39, 0.29) is 29.6 Å². The normalized spacial score (nSPS) is 22.0. The maximum atomic E-state index is 10.0. The van der Waals surface area contributed by atoms with Gasteiger partial charge in [-0.1, -0.05) is 12.1 Å². The maximum Gasteiger partial charge on any atom is 0.160 e. The molecule has 0 bridgehead atoms. The van der Waals surface area contributed by atoms with Crippen molar-refractivity contribution in [1.82, 2.24) is 0 Å². The van der Waals surface area contributed by atoms with Crippen LogP contribution < -0.4 is 9.47 Å². The van der Waals surface area contributed by atoms with Gasteiger partial charge in [0, 0.05) is 13.0 Å². The Hall–Kier alpha value is -2.44. The molecule has 27 heavy (non-hydrogen) atoms. The fourth-order valence-corrected chi connectivity index (χ4v) is 3.69. The summed E-state index contributed by atoms with van der Waals surface area (Å²) in [5.74, 6) is 1.56. The van der Waals surface area contributed by atoms with Crippen LogP contribution in [0.5, 0.6) is 23.0 Å². The van der Waals surface area contributed by atoms with Gasteiger partial charge in [0.2, 0.25) is 0 Å². The van der Waals surface area contributed by atoms with Crippen molar-refractivity contribution in [2.24, 2.45) is 11.8 Å². The van der Waals surface area contributed by atoms with Crippen molar-refractivity contribution in [3.05, 3.63) is 47.5 Å². The van der Waals surface area contributed by atoms with Crippen LogP contribution in [-0.4, -0.2) is 44.4 Å². The van der Waals surface area contributed by atoms with E-state index in [9.17, 15) is 10.2 Å². The van der Waals surface area contributed by atoms with E-state index in [0.717, 1.165) is 24.0 Å². The first-order chi connectivity index (χ1) is 13.0. The minimum absolute atomic E-state index is 0.123. The Bertz CT molecular complexity index is 775. The smallest absolute Gasteiger partial charge is 0.160 e. The predicted octanol–water partition coefficient (Wildman–Crippen LogP) is 3.14. The molecule has 0 spiro atoms. The van der Waals surface area contributed by atoms with E-state index in [4.69, 9.17) is 18.9 Å². The van der Waals surface area contributed by atoms with Crippen LogP contribution in [0.1, 0.15) is 11.1 Å². The summed E-state index contributed by atoms with van der Waals surface area (Å²) >= 11 is 0. The van der Waals surface area contributed by atoms with Crippen molar-refractivity contribution < 1.29 is 29.2 Å². The van der Waals surface area contributed by atoms with Crippen LogP contribution in [-0.2, 0) is 22.3 Å². The van der Waals surface area contributed by atoms with Gasteiger partial charge < -0.3 is 29.2 Å². The van der Waals surface area contributed by atoms with Gasteiger partial charge >= 0.3 is 0 Å². The van der Waals surface area contributed by atoms with Gasteiger partial charge in [0.25, 0.3) is 0 Å². The average Bonchev–Trinajstić information content (AvgIpc) is 3.04. The molecule has 0 radical (unpaired) electrons. The fraction of sp³-hybridized carbons (Fsp3) is 0.429. The lowest BCUT2D eigenvalue weighted by atomic mass is 9.84. The third kappa shape index (κ3) is 4.28. The Balaban J connectivity index is 1.77. The molecule has 3 atom stereocenters. The standard InChI is InChI=1S/C21H26O6/c1-24-19-7-5-13(10-18(19)23)8-15-12-27-21(26-3)16(15)9-14-4-6-17(22)20(11-14)25-2/h4-7,10-11,15-16,21-23H,8-9,12H2,1-3H3. The van der Waals surface area contributed by atoms with Crippen LogP contribution in [0.2, 0.25) is 0 Å². The lowest BCUT2D eigenvalue weighted by Gasteiger charge is -2.22. The average molecular weight is 374 g/mol. The van der Waals surface area contributed by atoms with Crippen LogP contribution in [0.15, 0.2) is 36.4 Å². The van der Waals surface area contributed by atoms with Gasteiger partial charge in [-0.05, 0) is 54.2 Å². The van der Waals surface area contributed by atoms with Gasteiger partial charge in [-0.2, -0.15) is 0 Å². The molecular weight excluding hydrogens is 348 g/mol. The number of rotatable bonds is 7. The van der Waals surface area contributed by atoms with E-state index in [0.29, 0.717) is 18.1 Å². The molecule has 2 N–H and O–H groups in total. The first-order valence-corrected chi connectivity index (χ1v) is 8.91. The van der Waals surface area contributed by atoms with Gasteiger partial charge in [0.05, 0.1) is 20.8 Å². The molecule has 0 saturated carbocycles. The zero-order valence-corrected chi connectivity index (χ0v) is 15.8. The maximum absolute atomic E-state index is 10.0. The lowest BCUT2D eigenvalue weighted by molar-refractivity contribution is -0.110. The molecular formula is C21H26O6. The number of aromatic hydroxyl groups is 2. The summed E-state index contributed by atoms with van der Waals surface area (Å²) in [5, 5.41) is 19.8. The number of benzene rings is 2. The molecule has 2 aromatic rings. The summed E-state index contributed by atoms with van der Waals surface area (Å²) < 4.78 is 21.7. The fourth-order valence-electron chi connectivity index (χ4n) is 3.69. The minimum Gasteiger partial charge on any atom is -0.504 e. The monoisotopic (exact) mass is 374 g/mol. The number of methoxy groups -OCH3 is 3. The predicted molar refractivity (Wildman–Crippen MR) is 100 cm³/mol. The highest BCUT2D eigenvalue weighted by Crippen LogP contribution is 2.36. The van der Waals surface area contributed by atoms with Crippen molar-refractivity contribution >= 4 is 0 Å². The molecule has 1 fully saturated rings. The van der Waals surface area contributed by atoms with Crippen LogP contribution in [0.25, 0.3) is 0 Å². The first-order valence-electron chi connectivity index (χ1n) is 8.91. The number of hydrogen-bond acceptors (Lipinski definition) is 6. The van der Waals surface area contributed by atoms with Gasteiger partial charge in [0.1, 0.15) is 0 Å². The Morgan fingerprint density at radius 1 is 0.889 bits per heavy atom. The van der Waals surface area contributed by atoms with Crippen LogP contribution in [0.4, 0.5) is 0 Å². The molecule has 0 aliphatic carbocycles. The molecule has 6 nitrogen and oxygen atoms in total. The Labute approximate surface area is 159 Å². The van der Waals surface area contributed by atoms with E-state index >= 15 is 0 Å². The quantitative estimate of drug-likeness (QED) is 0.775. The Morgan fingerprint density at radius 3 is 2.26 bits per heavy atom. The van der Waals surface area contributed by atoms with E-state index in [2.05, 4.69) is 0 Å². The number of ether oxygens (including phenoxy) is 4. The highest BCUT2D eigenvalue weighted by Gasteiger charge is 2.37. The van der Waals surface area contributed by atoms with Crippen LogP contribution in [0, 0.1) is 11.8 Å². The van der Waals surface area contributed by atoms with Crippen LogP contribution in [0.3, 0.4) is 0 Å². The van der Waals surface area contributed by atoms with Crippen molar-refractivity contribution in [3.8, 4) is 23.0 Å². The summed E-state index contributed by atoms with van der Waals surface area (Å²) in [6.07, 6.45) is 1.21. The van der Waals surface area contributed by atoms with E-state index in [1.807, 2.05) is 18.2 Å². The van der Waals surface area contributed by atoms with E-state index < -0.39 is 0 Å². The Morgan fingerprint density at radius 2 is 1.59 bits per heavy atom. The van der Waals surface area contributed by atoms with Gasteiger partial charge in [-0.25, -0.2) is 0 Å². The minimum atomic E-state index is -0.290. The molecule has 3 rings (SSSR count). The summed E-state index contributed by atoms with van der Waals surface area (Å²) in [6.45, 7) is 0.588. The van der Waals surface area contributed by atoms with Crippen molar-refractivity contribution in [2.75, 3.05) is 27.9 Å². The molecule has 1 aliphatic heterocycles. The third-order valence-electron chi connectivity index (χ3n) is 5.12. The summed E-state index contributed by atoms with van der Waals surface area (Å²) in [6, 6.07) is 10.8. The largest absolute Gasteiger partial charge is 0.504 e. The second kappa shape index (κ2) is 8.50. The molecule has 0 amide bonds. The summed E-state index contributed by atoms with van der Waals surface area (Å²) in [7, 11) is 4.72. The molecule has 1 saturated heterocycles. The van der Waals surface area contributed by atoms with E-state index in [1.165, 1.54) is 14.2 Å². The zero-order valence-electron chi connectivity index (χ0n) is 15.8. The van der Waals surface area contributed by atoms with Gasteiger partial charge in [0.15, 0.2) is 29.3 Å². The molecule has 6 heteroatoms. The summed E-state index contributed by atoms with van der Waals surface area (Å²) in [4.78, 5) is 0. The molecule has 2 aromatic carbocycles. The molecule has 146 valence electrons. The molecule has 1 aliphatic rings. The number of phenolic OH excluding ortho intramolecular Hbond substituents is 2. The molecule has 3 unspecified atom stereocenters. The van der Waals surface area contributed by atoms with Gasteiger partial charge in [-0.3, -0.25) is 0 Å². The number of phenols is 2. The Kier molecular flexibility index (Phi) is 6.08. The number of hydrogen-bond donors (Lipinski definition) is 2. The zero-order chi connectivity index (χ0) is 19.4. The van der Waals surface area contributed by atoms with E-state index in [1.54, 1.807) is 25.3 Å². The lowest BCUT2D eigenvalue weighted by Crippen LogP contribution is -2.25. The molecule has 0 aromatic heterocycles.